The molecule has 0 aromatic carbocycles. The van der Waals surface area contributed by atoms with Crippen molar-refractivity contribution in [3.05, 3.63) is 21.9 Å². The van der Waals surface area contributed by atoms with Gasteiger partial charge in [-0.2, -0.15) is 0 Å². The van der Waals surface area contributed by atoms with Crippen LogP contribution in [0.25, 0.3) is 0 Å². The summed E-state index contributed by atoms with van der Waals surface area (Å²) in [4.78, 5) is 1.49. The van der Waals surface area contributed by atoms with Gasteiger partial charge in [-0.05, 0) is 44.2 Å². The van der Waals surface area contributed by atoms with Crippen molar-refractivity contribution in [2.45, 2.75) is 71.9 Å². The van der Waals surface area contributed by atoms with Crippen LogP contribution in [0.5, 0.6) is 0 Å². The SMILES string of the molecule is CCCCCCC(C)NC(C)c1sccc1C. The van der Waals surface area contributed by atoms with Crippen molar-refractivity contribution < 1.29 is 0 Å². The van der Waals surface area contributed by atoms with Crippen molar-refractivity contribution in [3.8, 4) is 0 Å². The lowest BCUT2D eigenvalue weighted by Gasteiger charge is -2.20. The molecule has 0 amide bonds. The molecule has 1 N–H and O–H groups in total. The van der Waals surface area contributed by atoms with Gasteiger partial charge in [0.05, 0.1) is 0 Å². The molecule has 0 fully saturated rings. The average molecular weight is 253 g/mol. The summed E-state index contributed by atoms with van der Waals surface area (Å²) in [6, 6.07) is 3.34. The highest BCUT2D eigenvalue weighted by atomic mass is 32.1. The van der Waals surface area contributed by atoms with E-state index >= 15 is 0 Å². The van der Waals surface area contributed by atoms with Crippen molar-refractivity contribution in [1.82, 2.24) is 5.32 Å². The van der Waals surface area contributed by atoms with E-state index in [0.29, 0.717) is 12.1 Å². The molecule has 1 rings (SSSR count). The summed E-state index contributed by atoms with van der Waals surface area (Å²) in [7, 11) is 0. The standard InChI is InChI=1S/C15H27NS/c1-5-6-7-8-9-13(3)16-14(4)15-12(2)10-11-17-15/h10-11,13-14,16H,5-9H2,1-4H3. The lowest BCUT2D eigenvalue weighted by molar-refractivity contribution is 0.440. The van der Waals surface area contributed by atoms with Crippen molar-refractivity contribution in [2.75, 3.05) is 0 Å². The van der Waals surface area contributed by atoms with Crippen LogP contribution < -0.4 is 5.32 Å². The minimum atomic E-state index is 0.496. The second-order valence-corrected chi connectivity index (χ2v) is 6.05. The Labute approximate surface area is 111 Å². The van der Waals surface area contributed by atoms with Crippen molar-refractivity contribution in [2.24, 2.45) is 0 Å². The Morgan fingerprint density at radius 2 is 2.00 bits per heavy atom. The third-order valence-electron chi connectivity index (χ3n) is 3.32. The Bertz CT molecular complexity index is 306. The zero-order valence-electron chi connectivity index (χ0n) is 11.8. The highest BCUT2D eigenvalue weighted by Crippen LogP contribution is 2.24. The van der Waals surface area contributed by atoms with Crippen LogP contribution in [-0.4, -0.2) is 6.04 Å². The molecular formula is C15H27NS. The first kappa shape index (κ1) is 14.7. The van der Waals surface area contributed by atoms with Gasteiger partial charge in [0, 0.05) is 17.0 Å². The second kappa shape index (κ2) is 7.88. The molecule has 1 aromatic rings. The molecule has 2 heteroatoms. The first-order valence-electron chi connectivity index (χ1n) is 6.95. The number of unbranched alkanes of at least 4 members (excludes halogenated alkanes) is 3. The van der Waals surface area contributed by atoms with Gasteiger partial charge in [0.15, 0.2) is 0 Å². The maximum Gasteiger partial charge on any atom is 0.0390 e. The van der Waals surface area contributed by atoms with Crippen LogP contribution in [-0.2, 0) is 0 Å². The molecule has 2 atom stereocenters. The van der Waals surface area contributed by atoms with E-state index in [1.165, 1.54) is 42.5 Å². The molecule has 0 spiro atoms. The number of hydrogen-bond acceptors (Lipinski definition) is 2. The van der Waals surface area contributed by atoms with Crippen LogP contribution in [0, 0.1) is 6.92 Å². The lowest BCUT2D eigenvalue weighted by Crippen LogP contribution is -2.28. The number of rotatable bonds is 8. The monoisotopic (exact) mass is 253 g/mol. The number of thiophene rings is 1. The topological polar surface area (TPSA) is 12.0 Å². The summed E-state index contributed by atoms with van der Waals surface area (Å²) >= 11 is 1.87. The molecular weight excluding hydrogens is 226 g/mol. The molecule has 1 aromatic heterocycles. The fourth-order valence-electron chi connectivity index (χ4n) is 2.29. The third-order valence-corrected chi connectivity index (χ3v) is 4.52. The first-order valence-corrected chi connectivity index (χ1v) is 7.83. The van der Waals surface area contributed by atoms with Gasteiger partial charge in [0.2, 0.25) is 0 Å². The summed E-state index contributed by atoms with van der Waals surface area (Å²) in [6.45, 7) is 9.06. The minimum absolute atomic E-state index is 0.496. The average Bonchev–Trinajstić information content (AvgIpc) is 2.71. The van der Waals surface area contributed by atoms with E-state index in [9.17, 15) is 0 Å². The van der Waals surface area contributed by atoms with E-state index in [1.807, 2.05) is 11.3 Å². The molecule has 0 aliphatic heterocycles. The van der Waals surface area contributed by atoms with E-state index in [-0.39, 0.29) is 0 Å². The van der Waals surface area contributed by atoms with Crippen molar-refractivity contribution in [3.63, 3.8) is 0 Å². The number of nitrogens with one attached hydrogen (secondary N) is 1. The Morgan fingerprint density at radius 1 is 1.24 bits per heavy atom. The number of aryl methyl sites for hydroxylation is 1. The van der Waals surface area contributed by atoms with E-state index < -0.39 is 0 Å². The van der Waals surface area contributed by atoms with E-state index in [4.69, 9.17) is 0 Å². The second-order valence-electron chi connectivity index (χ2n) is 5.11. The van der Waals surface area contributed by atoms with Crippen molar-refractivity contribution >= 4 is 11.3 Å². The van der Waals surface area contributed by atoms with Gasteiger partial charge in [-0.15, -0.1) is 11.3 Å². The minimum Gasteiger partial charge on any atom is -0.307 e. The Hall–Kier alpha value is -0.340. The third kappa shape index (κ3) is 5.22. The predicted octanol–water partition coefficient (Wildman–Crippen LogP) is 5.07. The maximum absolute atomic E-state index is 3.71. The van der Waals surface area contributed by atoms with E-state index in [2.05, 4.69) is 44.5 Å². The largest absolute Gasteiger partial charge is 0.307 e. The summed E-state index contributed by atoms with van der Waals surface area (Å²) in [5, 5.41) is 5.90. The molecule has 0 saturated carbocycles. The van der Waals surface area contributed by atoms with Gasteiger partial charge in [0.25, 0.3) is 0 Å². The summed E-state index contributed by atoms with van der Waals surface area (Å²) < 4.78 is 0. The Morgan fingerprint density at radius 3 is 2.59 bits per heavy atom. The van der Waals surface area contributed by atoms with Gasteiger partial charge in [-0.25, -0.2) is 0 Å². The highest BCUT2D eigenvalue weighted by molar-refractivity contribution is 7.10. The lowest BCUT2D eigenvalue weighted by atomic mass is 10.1. The Kier molecular flexibility index (Phi) is 6.83. The Balaban J connectivity index is 2.26. The van der Waals surface area contributed by atoms with Gasteiger partial charge in [-0.1, -0.05) is 32.6 Å². The fraction of sp³-hybridized carbons (Fsp3) is 0.733. The predicted molar refractivity (Wildman–Crippen MR) is 78.8 cm³/mol. The van der Waals surface area contributed by atoms with E-state index in [0.717, 1.165) is 0 Å². The van der Waals surface area contributed by atoms with Gasteiger partial charge in [0.1, 0.15) is 0 Å². The van der Waals surface area contributed by atoms with Crippen molar-refractivity contribution in [1.29, 1.82) is 0 Å². The van der Waals surface area contributed by atoms with Crippen LogP contribution in [0.15, 0.2) is 11.4 Å². The molecule has 1 nitrogen and oxygen atoms in total. The molecule has 17 heavy (non-hydrogen) atoms. The van der Waals surface area contributed by atoms with Gasteiger partial charge >= 0.3 is 0 Å². The fourth-order valence-corrected chi connectivity index (χ4v) is 3.24. The van der Waals surface area contributed by atoms with Crippen LogP contribution >= 0.6 is 11.3 Å². The van der Waals surface area contributed by atoms with E-state index in [1.54, 1.807) is 0 Å². The molecule has 98 valence electrons. The van der Waals surface area contributed by atoms with Crippen LogP contribution in [0.1, 0.15) is 69.4 Å². The molecule has 2 unspecified atom stereocenters. The maximum atomic E-state index is 3.71. The molecule has 0 bridgehead atoms. The summed E-state index contributed by atoms with van der Waals surface area (Å²) in [5.74, 6) is 0. The van der Waals surface area contributed by atoms with Crippen LogP contribution in [0.3, 0.4) is 0 Å². The smallest absolute Gasteiger partial charge is 0.0390 e. The quantitative estimate of drug-likeness (QED) is 0.638. The molecule has 0 aliphatic carbocycles. The molecule has 1 heterocycles. The molecule has 0 aliphatic rings. The normalized spacial score (nSPS) is 14.8. The summed E-state index contributed by atoms with van der Waals surface area (Å²) in [6.07, 6.45) is 6.75. The summed E-state index contributed by atoms with van der Waals surface area (Å²) in [5.41, 5.74) is 1.42. The molecule has 0 radical (unpaired) electrons. The zero-order chi connectivity index (χ0) is 12.7. The first-order chi connectivity index (χ1) is 8.15. The molecule has 0 saturated heterocycles. The van der Waals surface area contributed by atoms with Gasteiger partial charge < -0.3 is 5.32 Å². The number of hydrogen-bond donors (Lipinski definition) is 1. The van der Waals surface area contributed by atoms with Gasteiger partial charge in [-0.3, -0.25) is 0 Å². The highest BCUT2D eigenvalue weighted by Gasteiger charge is 2.12. The van der Waals surface area contributed by atoms with Crippen LogP contribution in [0.4, 0.5) is 0 Å². The zero-order valence-corrected chi connectivity index (χ0v) is 12.6. The van der Waals surface area contributed by atoms with Crippen LogP contribution in [0.2, 0.25) is 0 Å².